The number of carbonyl (C=O) groups is 2. The summed E-state index contributed by atoms with van der Waals surface area (Å²) in [5.41, 5.74) is -1.16. The summed E-state index contributed by atoms with van der Waals surface area (Å²) < 4.78 is 41.1. The normalized spacial score (nSPS) is 30.9. The molecule has 0 bridgehead atoms. The molecule has 192 valence electrons. The predicted molar refractivity (Wildman–Crippen MR) is 119 cm³/mol. The molecule has 0 saturated carbocycles. The molecular formula is C21H39N2O9P. The van der Waals surface area contributed by atoms with Crippen LogP contribution in [0.2, 0.25) is 0 Å². The molecule has 2 fully saturated rings. The van der Waals surface area contributed by atoms with Gasteiger partial charge < -0.3 is 19.1 Å². The van der Waals surface area contributed by atoms with Crippen LogP contribution in [0.15, 0.2) is 0 Å². The van der Waals surface area contributed by atoms with Gasteiger partial charge in [0.15, 0.2) is 6.23 Å². The predicted octanol–water partition coefficient (Wildman–Crippen LogP) is 2.67. The fraction of sp³-hybridized carbons (Fsp3) is 0.905. The second-order valence-corrected chi connectivity index (χ2v) is 12.1. The summed E-state index contributed by atoms with van der Waals surface area (Å²) in [5.74, 6) is -0.830. The zero-order chi connectivity index (χ0) is 25.2. The molecule has 2 N–H and O–H groups in total. The van der Waals surface area contributed by atoms with Crippen molar-refractivity contribution in [1.29, 1.82) is 0 Å². The van der Waals surface area contributed by atoms with Crippen LogP contribution in [0.3, 0.4) is 0 Å². The molecule has 2 rings (SSSR count). The summed E-state index contributed by atoms with van der Waals surface area (Å²) in [6.45, 7) is 13.1. The second kappa shape index (κ2) is 10.7. The SMILES string of the molecule is COCCOC1[C@@H](OP(=O)(O)OC(C)(C)C)[C@@H](CC(C)(C)C)O[C@H]1N1CC(C)C(=O)NC1=O. The van der Waals surface area contributed by atoms with Gasteiger partial charge in [-0.15, -0.1) is 0 Å². The van der Waals surface area contributed by atoms with E-state index >= 15 is 0 Å². The van der Waals surface area contributed by atoms with Crippen LogP contribution in [0.1, 0.15) is 54.9 Å². The minimum absolute atomic E-state index is 0.115. The maximum absolute atomic E-state index is 12.9. The summed E-state index contributed by atoms with van der Waals surface area (Å²) in [6, 6.07) is -0.614. The van der Waals surface area contributed by atoms with Gasteiger partial charge in [0.25, 0.3) is 0 Å². The van der Waals surface area contributed by atoms with Crippen molar-refractivity contribution in [3.05, 3.63) is 0 Å². The molecule has 0 radical (unpaired) electrons. The lowest BCUT2D eigenvalue weighted by atomic mass is 9.87. The van der Waals surface area contributed by atoms with Gasteiger partial charge in [0.1, 0.15) is 12.2 Å². The summed E-state index contributed by atoms with van der Waals surface area (Å²) >= 11 is 0. The van der Waals surface area contributed by atoms with E-state index in [1.165, 1.54) is 12.0 Å². The molecule has 2 heterocycles. The van der Waals surface area contributed by atoms with Gasteiger partial charge in [-0.3, -0.25) is 24.1 Å². The Labute approximate surface area is 196 Å². The maximum atomic E-state index is 12.9. The molecular weight excluding hydrogens is 455 g/mol. The van der Waals surface area contributed by atoms with Gasteiger partial charge in [0.05, 0.1) is 30.8 Å². The van der Waals surface area contributed by atoms with E-state index in [2.05, 4.69) is 5.32 Å². The number of hydrogen-bond acceptors (Lipinski definition) is 8. The van der Waals surface area contributed by atoms with Gasteiger partial charge in [0.2, 0.25) is 5.91 Å². The third-order valence-electron chi connectivity index (χ3n) is 5.06. The number of ether oxygens (including phenoxy) is 3. The number of imide groups is 1. The van der Waals surface area contributed by atoms with Crippen molar-refractivity contribution in [2.45, 2.75) is 85.0 Å². The third kappa shape index (κ3) is 8.28. The molecule has 33 heavy (non-hydrogen) atoms. The first-order chi connectivity index (χ1) is 15.0. The molecule has 3 unspecified atom stereocenters. The molecule has 11 nitrogen and oxygen atoms in total. The van der Waals surface area contributed by atoms with Gasteiger partial charge in [-0.1, -0.05) is 27.7 Å². The van der Waals surface area contributed by atoms with Crippen LogP contribution in [-0.2, 0) is 32.6 Å². The van der Waals surface area contributed by atoms with Crippen molar-refractivity contribution >= 4 is 19.8 Å². The zero-order valence-corrected chi connectivity index (χ0v) is 21.7. The first-order valence-corrected chi connectivity index (χ1v) is 12.6. The lowest BCUT2D eigenvalue weighted by molar-refractivity contribution is -0.133. The Bertz CT molecular complexity index is 749. The molecule has 0 spiro atoms. The van der Waals surface area contributed by atoms with Crippen molar-refractivity contribution in [3.63, 3.8) is 0 Å². The largest absolute Gasteiger partial charge is 0.473 e. The van der Waals surface area contributed by atoms with E-state index in [4.69, 9.17) is 23.3 Å². The smallest absolute Gasteiger partial charge is 0.382 e. The third-order valence-corrected chi connectivity index (χ3v) is 6.35. The lowest BCUT2D eigenvalue weighted by Crippen LogP contribution is -2.60. The number of phosphoric acid groups is 1. The first-order valence-electron chi connectivity index (χ1n) is 11.1. The van der Waals surface area contributed by atoms with Crippen molar-refractivity contribution in [3.8, 4) is 0 Å². The van der Waals surface area contributed by atoms with Crippen LogP contribution in [0.4, 0.5) is 4.79 Å². The molecule has 2 aliphatic rings. The Balaban J connectivity index is 2.39. The van der Waals surface area contributed by atoms with E-state index in [0.29, 0.717) is 6.42 Å². The molecule has 2 aliphatic heterocycles. The van der Waals surface area contributed by atoms with Crippen LogP contribution in [-0.4, -0.2) is 78.7 Å². The summed E-state index contributed by atoms with van der Waals surface area (Å²) in [6.07, 6.45) is -3.08. The zero-order valence-electron chi connectivity index (χ0n) is 20.8. The Morgan fingerprint density at radius 2 is 1.79 bits per heavy atom. The number of phosphoric ester groups is 1. The molecule has 6 atom stereocenters. The highest BCUT2D eigenvalue weighted by molar-refractivity contribution is 7.47. The highest BCUT2D eigenvalue weighted by atomic mass is 31.2. The van der Waals surface area contributed by atoms with Gasteiger partial charge in [-0.2, -0.15) is 0 Å². The van der Waals surface area contributed by atoms with Gasteiger partial charge in [-0.25, -0.2) is 9.36 Å². The average molecular weight is 495 g/mol. The summed E-state index contributed by atoms with van der Waals surface area (Å²) in [5, 5.41) is 2.32. The fourth-order valence-corrected chi connectivity index (χ4v) is 5.10. The van der Waals surface area contributed by atoms with Gasteiger partial charge in [0, 0.05) is 13.7 Å². The number of rotatable bonds is 9. The van der Waals surface area contributed by atoms with Crippen LogP contribution in [0.25, 0.3) is 0 Å². The van der Waals surface area contributed by atoms with Crippen LogP contribution >= 0.6 is 7.82 Å². The van der Waals surface area contributed by atoms with Crippen LogP contribution < -0.4 is 5.32 Å². The molecule has 0 aromatic heterocycles. The van der Waals surface area contributed by atoms with Gasteiger partial charge >= 0.3 is 13.9 Å². The van der Waals surface area contributed by atoms with Crippen LogP contribution in [0, 0.1) is 11.3 Å². The molecule has 0 aromatic rings. The second-order valence-electron chi connectivity index (χ2n) is 10.7. The van der Waals surface area contributed by atoms with E-state index in [1.54, 1.807) is 27.7 Å². The highest BCUT2D eigenvalue weighted by Gasteiger charge is 2.54. The minimum Gasteiger partial charge on any atom is -0.382 e. The monoisotopic (exact) mass is 494 g/mol. The highest BCUT2D eigenvalue weighted by Crippen LogP contribution is 2.51. The summed E-state index contributed by atoms with van der Waals surface area (Å²) in [4.78, 5) is 36.4. The van der Waals surface area contributed by atoms with E-state index in [0.717, 1.165) is 0 Å². The first kappa shape index (κ1) is 28.2. The maximum Gasteiger partial charge on any atom is 0.473 e. The quantitative estimate of drug-likeness (QED) is 0.367. The van der Waals surface area contributed by atoms with E-state index in [-0.39, 0.29) is 31.1 Å². The summed E-state index contributed by atoms with van der Waals surface area (Å²) in [7, 11) is -2.99. The van der Waals surface area contributed by atoms with E-state index in [9.17, 15) is 19.0 Å². The number of carbonyl (C=O) groups excluding carboxylic acids is 2. The minimum atomic E-state index is -4.51. The number of methoxy groups -OCH3 is 1. The van der Waals surface area contributed by atoms with Crippen molar-refractivity contribution in [2.24, 2.45) is 11.3 Å². The van der Waals surface area contributed by atoms with Gasteiger partial charge in [-0.05, 0) is 32.6 Å². The Morgan fingerprint density at radius 3 is 2.33 bits per heavy atom. The molecule has 2 saturated heterocycles. The van der Waals surface area contributed by atoms with E-state index in [1.807, 2.05) is 20.8 Å². The van der Waals surface area contributed by atoms with Crippen molar-refractivity contribution < 1.29 is 42.3 Å². The Hall–Kier alpha value is -1.07. The topological polar surface area (TPSA) is 133 Å². The molecule has 0 aromatic carbocycles. The average Bonchev–Trinajstić information content (AvgIpc) is 2.91. The number of nitrogens with zero attached hydrogens (tertiary/aromatic N) is 1. The Morgan fingerprint density at radius 1 is 1.15 bits per heavy atom. The van der Waals surface area contributed by atoms with E-state index < -0.39 is 49.9 Å². The molecule has 3 amide bonds. The molecule has 12 heteroatoms. The fourth-order valence-electron chi connectivity index (χ4n) is 3.80. The Kier molecular flexibility index (Phi) is 9.12. The van der Waals surface area contributed by atoms with Crippen molar-refractivity contribution in [1.82, 2.24) is 10.2 Å². The number of hydrogen-bond donors (Lipinski definition) is 2. The number of amides is 3. The van der Waals surface area contributed by atoms with Crippen molar-refractivity contribution in [2.75, 3.05) is 26.9 Å². The number of urea groups is 1. The van der Waals surface area contributed by atoms with Crippen LogP contribution in [0.5, 0.6) is 0 Å². The standard InChI is InChI=1S/C21H39N2O9P/c1-13-12-23(19(25)22-17(13)24)18-16(29-10-9-28-8)15(14(30-18)11-20(2,3)4)31-33(26,27)32-21(5,6)7/h13-16,18H,9-12H2,1-8H3,(H,26,27)(H,22,24,25)/t13?,14-,15+,16?,18-/m1/s1. The molecule has 0 aliphatic carbocycles. The number of nitrogens with one attached hydrogen (secondary N) is 1. The lowest BCUT2D eigenvalue weighted by Gasteiger charge is -2.37.